The van der Waals surface area contributed by atoms with Gasteiger partial charge < -0.3 is 14.8 Å². The van der Waals surface area contributed by atoms with Crippen molar-refractivity contribution in [2.45, 2.75) is 52.0 Å². The summed E-state index contributed by atoms with van der Waals surface area (Å²) >= 11 is 0. The second-order valence-electron chi connectivity index (χ2n) is 8.26. The van der Waals surface area contributed by atoms with E-state index in [1.54, 1.807) is 12.1 Å². The molecule has 2 aliphatic heterocycles. The number of nitrogens with zero attached hydrogens (tertiary/aromatic N) is 4. The number of anilines is 2. The maximum atomic E-state index is 14.7. The molecule has 0 bridgehead atoms. The van der Waals surface area contributed by atoms with E-state index in [2.05, 4.69) is 19.8 Å². The molecule has 0 atom stereocenters. The Bertz CT molecular complexity index is 1120. The quantitative estimate of drug-likeness (QED) is 0.696. The molecule has 7 heteroatoms. The number of carbonyl (C=O) groups excluding carboxylic acids is 1. The zero-order valence-corrected chi connectivity index (χ0v) is 17.2. The van der Waals surface area contributed by atoms with E-state index in [4.69, 9.17) is 4.98 Å². The number of para-hydroxylation sites is 1. The minimum Gasteiger partial charge on any atom is -0.370 e. The van der Waals surface area contributed by atoms with E-state index in [0.29, 0.717) is 11.1 Å². The molecule has 1 aromatic carbocycles. The van der Waals surface area contributed by atoms with Crippen LogP contribution >= 0.6 is 0 Å². The van der Waals surface area contributed by atoms with Crippen molar-refractivity contribution in [3.63, 3.8) is 0 Å². The summed E-state index contributed by atoms with van der Waals surface area (Å²) in [7, 11) is 0. The van der Waals surface area contributed by atoms with E-state index in [0.717, 1.165) is 74.6 Å². The Morgan fingerprint density at radius 2 is 1.87 bits per heavy atom. The maximum absolute atomic E-state index is 14.7. The molecule has 156 valence electrons. The first-order valence-corrected chi connectivity index (χ1v) is 10.8. The van der Waals surface area contributed by atoms with E-state index in [1.165, 1.54) is 12.5 Å². The first-order valence-electron chi connectivity index (χ1n) is 10.8. The number of hydrogen-bond donors (Lipinski definition) is 1. The Labute approximate surface area is 175 Å². The van der Waals surface area contributed by atoms with Gasteiger partial charge in [-0.15, -0.1) is 0 Å². The lowest BCUT2D eigenvalue weighted by Crippen LogP contribution is -2.22. The molecule has 0 spiro atoms. The number of imidazole rings is 1. The predicted octanol–water partition coefficient (Wildman–Crippen LogP) is 4.46. The van der Waals surface area contributed by atoms with Gasteiger partial charge in [0.15, 0.2) is 5.65 Å². The molecule has 2 aliphatic rings. The summed E-state index contributed by atoms with van der Waals surface area (Å²) in [4.78, 5) is 24.9. The third-order valence-corrected chi connectivity index (χ3v) is 6.11. The van der Waals surface area contributed by atoms with Gasteiger partial charge in [0, 0.05) is 31.7 Å². The summed E-state index contributed by atoms with van der Waals surface area (Å²) in [5.74, 6) is 0.220. The SMILES string of the molecule is Cc1cc(C(=O)Nc2c(F)cccc2N2CCCC2)c2nc3n(c2n1)CCCCC3. The topological polar surface area (TPSA) is 63.1 Å². The molecular formula is C23H26FN5O. The second-order valence-corrected chi connectivity index (χ2v) is 8.26. The lowest BCUT2D eigenvalue weighted by atomic mass is 10.1. The molecule has 5 rings (SSSR count). The highest BCUT2D eigenvalue weighted by Crippen LogP contribution is 2.32. The van der Waals surface area contributed by atoms with Crippen LogP contribution in [-0.2, 0) is 13.0 Å². The molecule has 1 fully saturated rings. The molecule has 6 nitrogen and oxygen atoms in total. The molecule has 0 unspecified atom stereocenters. The number of fused-ring (bicyclic) bond motifs is 3. The number of hydrogen-bond acceptors (Lipinski definition) is 4. The van der Waals surface area contributed by atoms with Gasteiger partial charge >= 0.3 is 0 Å². The van der Waals surface area contributed by atoms with Crippen molar-refractivity contribution in [1.82, 2.24) is 14.5 Å². The fourth-order valence-electron chi connectivity index (χ4n) is 4.63. The molecule has 2 aromatic heterocycles. The van der Waals surface area contributed by atoms with Gasteiger partial charge in [0.2, 0.25) is 0 Å². The minimum absolute atomic E-state index is 0.243. The third kappa shape index (κ3) is 3.32. The van der Waals surface area contributed by atoms with Gasteiger partial charge in [0.25, 0.3) is 5.91 Å². The second kappa shape index (κ2) is 7.70. The fourth-order valence-corrected chi connectivity index (χ4v) is 4.63. The van der Waals surface area contributed by atoms with Crippen molar-refractivity contribution in [2.75, 3.05) is 23.3 Å². The van der Waals surface area contributed by atoms with E-state index in [9.17, 15) is 9.18 Å². The lowest BCUT2D eigenvalue weighted by Gasteiger charge is -2.22. The largest absolute Gasteiger partial charge is 0.370 e. The highest BCUT2D eigenvalue weighted by atomic mass is 19.1. The lowest BCUT2D eigenvalue weighted by molar-refractivity contribution is 0.102. The number of rotatable bonds is 3. The maximum Gasteiger partial charge on any atom is 0.258 e. The summed E-state index contributed by atoms with van der Waals surface area (Å²) < 4.78 is 16.9. The number of pyridine rings is 1. The minimum atomic E-state index is -0.421. The zero-order chi connectivity index (χ0) is 20.7. The zero-order valence-electron chi connectivity index (χ0n) is 17.2. The molecule has 4 heterocycles. The number of carbonyl (C=O) groups is 1. The van der Waals surface area contributed by atoms with Crippen LogP contribution in [0, 0.1) is 12.7 Å². The molecular weight excluding hydrogens is 381 g/mol. The Kier molecular flexibility index (Phi) is 4.89. The van der Waals surface area contributed by atoms with Crippen molar-refractivity contribution >= 4 is 28.4 Å². The molecule has 0 aliphatic carbocycles. The number of amides is 1. The smallest absolute Gasteiger partial charge is 0.258 e. The van der Waals surface area contributed by atoms with Crippen LogP contribution in [0.1, 0.15) is 54.0 Å². The average molecular weight is 407 g/mol. The van der Waals surface area contributed by atoms with Crippen molar-refractivity contribution in [3.05, 3.63) is 47.2 Å². The number of nitrogens with one attached hydrogen (secondary N) is 1. The number of aromatic nitrogens is 3. The van der Waals surface area contributed by atoms with Crippen molar-refractivity contribution < 1.29 is 9.18 Å². The molecule has 30 heavy (non-hydrogen) atoms. The van der Waals surface area contributed by atoms with Crippen molar-refractivity contribution in [3.8, 4) is 0 Å². The normalized spacial score (nSPS) is 16.5. The Hall–Kier alpha value is -2.96. The molecule has 1 saturated heterocycles. The molecule has 0 radical (unpaired) electrons. The summed E-state index contributed by atoms with van der Waals surface area (Å²) in [5, 5.41) is 2.85. The van der Waals surface area contributed by atoms with Crippen LogP contribution in [0.25, 0.3) is 11.2 Å². The van der Waals surface area contributed by atoms with Crippen LogP contribution in [-0.4, -0.2) is 33.5 Å². The molecule has 3 aromatic rings. The van der Waals surface area contributed by atoms with Crippen LogP contribution in [0.2, 0.25) is 0 Å². The highest BCUT2D eigenvalue weighted by molar-refractivity contribution is 6.12. The first-order chi connectivity index (χ1) is 14.6. The standard InChI is InChI=1S/C23H26FN5O/c1-15-14-16(20-22(25-15)29-13-4-2-3-10-19(29)26-20)23(30)27-21-17(24)8-7-9-18(21)28-11-5-6-12-28/h7-9,14H,2-6,10-13H2,1H3,(H,27,30). The summed E-state index contributed by atoms with van der Waals surface area (Å²) in [6, 6.07) is 6.71. The Morgan fingerprint density at radius 1 is 1.07 bits per heavy atom. The van der Waals surface area contributed by atoms with Gasteiger partial charge in [-0.25, -0.2) is 14.4 Å². The van der Waals surface area contributed by atoms with E-state index < -0.39 is 5.82 Å². The highest BCUT2D eigenvalue weighted by Gasteiger charge is 2.24. The van der Waals surface area contributed by atoms with Crippen LogP contribution < -0.4 is 10.2 Å². The third-order valence-electron chi connectivity index (χ3n) is 6.11. The van der Waals surface area contributed by atoms with Crippen LogP contribution in [0.5, 0.6) is 0 Å². The van der Waals surface area contributed by atoms with Crippen LogP contribution in [0.4, 0.5) is 15.8 Å². The van der Waals surface area contributed by atoms with Crippen molar-refractivity contribution in [1.29, 1.82) is 0 Å². The first kappa shape index (κ1) is 19.0. The number of aryl methyl sites for hydroxylation is 3. The van der Waals surface area contributed by atoms with Crippen LogP contribution in [0.3, 0.4) is 0 Å². The predicted molar refractivity (Wildman–Crippen MR) is 116 cm³/mol. The number of halogens is 1. The summed E-state index contributed by atoms with van der Waals surface area (Å²) in [5.41, 5.74) is 3.55. The Balaban J connectivity index is 1.55. The fraction of sp³-hybridized carbons (Fsp3) is 0.435. The average Bonchev–Trinajstić information content (AvgIpc) is 3.31. The van der Waals surface area contributed by atoms with Gasteiger partial charge in [-0.3, -0.25) is 4.79 Å². The molecule has 1 amide bonds. The number of benzene rings is 1. The monoisotopic (exact) mass is 407 g/mol. The van der Waals surface area contributed by atoms with Gasteiger partial charge in [0.1, 0.15) is 22.8 Å². The van der Waals surface area contributed by atoms with E-state index >= 15 is 0 Å². The van der Waals surface area contributed by atoms with Crippen molar-refractivity contribution in [2.24, 2.45) is 0 Å². The van der Waals surface area contributed by atoms with Gasteiger partial charge in [-0.1, -0.05) is 12.5 Å². The van der Waals surface area contributed by atoms with Gasteiger partial charge in [-0.2, -0.15) is 0 Å². The van der Waals surface area contributed by atoms with Gasteiger partial charge in [-0.05, 0) is 50.8 Å². The van der Waals surface area contributed by atoms with Gasteiger partial charge in [0.05, 0.1) is 11.3 Å². The molecule has 1 N–H and O–H groups in total. The van der Waals surface area contributed by atoms with E-state index in [-0.39, 0.29) is 11.6 Å². The molecule has 0 saturated carbocycles. The Morgan fingerprint density at radius 3 is 2.70 bits per heavy atom. The summed E-state index contributed by atoms with van der Waals surface area (Å²) in [6.45, 7) is 4.50. The van der Waals surface area contributed by atoms with E-state index in [1.807, 2.05) is 13.0 Å². The van der Waals surface area contributed by atoms with Crippen LogP contribution in [0.15, 0.2) is 24.3 Å². The summed E-state index contributed by atoms with van der Waals surface area (Å²) in [6.07, 6.45) is 6.41.